The summed E-state index contributed by atoms with van der Waals surface area (Å²) in [7, 11) is 0. The molecular formula is C6H9F2N3O3. The summed E-state index contributed by atoms with van der Waals surface area (Å²) in [5.41, 5.74) is 9.35. The van der Waals surface area contributed by atoms with Crippen LogP contribution in [0, 0.1) is 0 Å². The molecular weight excluding hydrogens is 200 g/mol. The van der Waals surface area contributed by atoms with Gasteiger partial charge in [0.2, 0.25) is 11.8 Å². The monoisotopic (exact) mass is 209 g/mol. The zero-order chi connectivity index (χ0) is 11.3. The Bertz CT molecular complexity index is 241. The van der Waals surface area contributed by atoms with Crippen LogP contribution in [0.2, 0.25) is 0 Å². The Labute approximate surface area is 77.8 Å². The average molecular weight is 209 g/mol. The van der Waals surface area contributed by atoms with Gasteiger partial charge in [0, 0.05) is 0 Å². The predicted molar refractivity (Wildman–Crippen MR) is 41.0 cm³/mol. The smallest absolute Gasteiger partial charge is 0.315 e. The fraction of sp³-hybridized carbons (Fsp3) is 0.500. The highest BCUT2D eigenvalue weighted by atomic mass is 19.3. The Hall–Kier alpha value is -1.73. The van der Waals surface area contributed by atoms with Gasteiger partial charge >= 0.3 is 6.43 Å². The second-order valence-electron chi connectivity index (χ2n) is 2.43. The molecule has 0 aliphatic heterocycles. The van der Waals surface area contributed by atoms with Gasteiger partial charge in [0.25, 0.3) is 5.91 Å². The van der Waals surface area contributed by atoms with Crippen molar-refractivity contribution in [2.75, 3.05) is 13.1 Å². The maximum atomic E-state index is 11.9. The first kappa shape index (κ1) is 12.3. The lowest BCUT2D eigenvalue weighted by molar-refractivity contribution is -0.147. The lowest BCUT2D eigenvalue weighted by atomic mass is 10.4. The van der Waals surface area contributed by atoms with E-state index in [0.717, 1.165) is 0 Å². The highest BCUT2D eigenvalue weighted by Crippen LogP contribution is 1.99. The van der Waals surface area contributed by atoms with Gasteiger partial charge in [-0.3, -0.25) is 14.4 Å². The van der Waals surface area contributed by atoms with E-state index in [9.17, 15) is 23.2 Å². The summed E-state index contributed by atoms with van der Waals surface area (Å²) >= 11 is 0. The zero-order valence-corrected chi connectivity index (χ0v) is 7.07. The van der Waals surface area contributed by atoms with Crippen LogP contribution in [0.1, 0.15) is 0 Å². The van der Waals surface area contributed by atoms with Crippen molar-refractivity contribution in [1.29, 1.82) is 0 Å². The van der Waals surface area contributed by atoms with Crippen LogP contribution in [-0.4, -0.2) is 42.1 Å². The number of halogens is 2. The van der Waals surface area contributed by atoms with Crippen LogP contribution in [0.15, 0.2) is 0 Å². The Morgan fingerprint density at radius 2 is 1.43 bits per heavy atom. The molecule has 0 saturated carbocycles. The number of primary amides is 2. The second-order valence-corrected chi connectivity index (χ2v) is 2.43. The van der Waals surface area contributed by atoms with Crippen LogP contribution < -0.4 is 11.5 Å². The first-order valence-corrected chi connectivity index (χ1v) is 3.48. The van der Waals surface area contributed by atoms with Gasteiger partial charge in [-0.05, 0) is 0 Å². The number of carbonyl (C=O) groups is 3. The normalized spacial score (nSPS) is 9.93. The number of nitrogens with two attached hydrogens (primary N) is 2. The Balaban J connectivity index is 4.46. The molecule has 0 aromatic heterocycles. The quantitative estimate of drug-likeness (QED) is 0.549. The van der Waals surface area contributed by atoms with Crippen LogP contribution in [0.25, 0.3) is 0 Å². The van der Waals surface area contributed by atoms with E-state index < -0.39 is 37.2 Å². The molecule has 0 aliphatic carbocycles. The van der Waals surface area contributed by atoms with Crippen LogP contribution in [-0.2, 0) is 14.4 Å². The molecule has 80 valence electrons. The zero-order valence-electron chi connectivity index (χ0n) is 7.07. The number of rotatable bonds is 5. The molecule has 0 rings (SSSR count). The number of hydrogen-bond donors (Lipinski definition) is 2. The van der Waals surface area contributed by atoms with Crippen molar-refractivity contribution < 1.29 is 23.2 Å². The van der Waals surface area contributed by atoms with Gasteiger partial charge in [-0.2, -0.15) is 8.78 Å². The molecule has 6 nitrogen and oxygen atoms in total. The minimum Gasteiger partial charge on any atom is -0.368 e. The number of amides is 3. The van der Waals surface area contributed by atoms with Crippen molar-refractivity contribution in [1.82, 2.24) is 4.90 Å². The number of alkyl halides is 2. The highest BCUT2D eigenvalue weighted by Gasteiger charge is 2.25. The Morgan fingerprint density at radius 1 is 1.07 bits per heavy atom. The minimum atomic E-state index is -3.30. The fourth-order valence-electron chi connectivity index (χ4n) is 0.726. The van der Waals surface area contributed by atoms with Gasteiger partial charge in [-0.15, -0.1) is 0 Å². The molecule has 4 N–H and O–H groups in total. The average Bonchev–Trinajstić information content (AvgIpc) is 1.99. The van der Waals surface area contributed by atoms with Crippen LogP contribution in [0.4, 0.5) is 8.78 Å². The Kier molecular flexibility index (Phi) is 4.47. The van der Waals surface area contributed by atoms with Crippen LogP contribution >= 0.6 is 0 Å². The van der Waals surface area contributed by atoms with E-state index in [2.05, 4.69) is 11.5 Å². The standard InChI is InChI=1S/C6H9F2N3O3/c7-5(8)6(14)11(1-3(9)12)2-4(10)13/h5H,1-2H2,(H2,9,12)(H2,10,13). The summed E-state index contributed by atoms with van der Waals surface area (Å²) in [6.45, 7) is -1.52. The molecule has 0 heterocycles. The molecule has 0 radical (unpaired) electrons. The molecule has 0 aliphatic rings. The molecule has 0 aromatic rings. The molecule has 8 heteroatoms. The van der Waals surface area contributed by atoms with E-state index in [1.54, 1.807) is 0 Å². The van der Waals surface area contributed by atoms with E-state index in [1.807, 2.05) is 0 Å². The highest BCUT2D eigenvalue weighted by molar-refractivity contribution is 5.89. The van der Waals surface area contributed by atoms with Crippen molar-refractivity contribution in [3.63, 3.8) is 0 Å². The summed E-state index contributed by atoms with van der Waals surface area (Å²) < 4.78 is 23.8. The Morgan fingerprint density at radius 3 is 1.64 bits per heavy atom. The third kappa shape index (κ3) is 4.33. The van der Waals surface area contributed by atoms with Crippen molar-refractivity contribution >= 4 is 17.7 Å². The van der Waals surface area contributed by atoms with Crippen LogP contribution in [0.5, 0.6) is 0 Å². The van der Waals surface area contributed by atoms with Gasteiger partial charge in [0.15, 0.2) is 0 Å². The summed E-state index contributed by atoms with van der Waals surface area (Å²) in [6.07, 6.45) is -3.30. The third-order valence-electron chi connectivity index (χ3n) is 1.19. The lowest BCUT2D eigenvalue weighted by Crippen LogP contribution is -2.45. The summed E-state index contributed by atoms with van der Waals surface area (Å²) in [5.74, 6) is -3.65. The summed E-state index contributed by atoms with van der Waals surface area (Å²) in [5, 5.41) is 0. The first-order valence-electron chi connectivity index (χ1n) is 3.48. The predicted octanol–water partition coefficient (Wildman–Crippen LogP) is -1.95. The maximum absolute atomic E-state index is 11.9. The lowest BCUT2D eigenvalue weighted by Gasteiger charge is -2.18. The molecule has 14 heavy (non-hydrogen) atoms. The van der Waals surface area contributed by atoms with Crippen molar-refractivity contribution in [2.45, 2.75) is 6.43 Å². The van der Waals surface area contributed by atoms with Crippen molar-refractivity contribution in [2.24, 2.45) is 11.5 Å². The molecule has 0 bridgehead atoms. The van der Waals surface area contributed by atoms with Crippen LogP contribution in [0.3, 0.4) is 0 Å². The molecule has 0 saturated heterocycles. The van der Waals surface area contributed by atoms with Gasteiger partial charge in [-0.25, -0.2) is 0 Å². The van der Waals surface area contributed by atoms with Gasteiger partial charge in [0.05, 0.1) is 0 Å². The second kappa shape index (κ2) is 5.10. The molecule has 0 unspecified atom stereocenters. The van der Waals surface area contributed by atoms with E-state index in [-0.39, 0.29) is 0 Å². The molecule has 0 fully saturated rings. The molecule has 0 atom stereocenters. The maximum Gasteiger partial charge on any atom is 0.315 e. The molecule has 0 aromatic carbocycles. The fourth-order valence-corrected chi connectivity index (χ4v) is 0.726. The molecule has 0 spiro atoms. The van der Waals surface area contributed by atoms with Gasteiger partial charge in [-0.1, -0.05) is 0 Å². The summed E-state index contributed by atoms with van der Waals surface area (Å²) in [6, 6.07) is 0. The molecule has 3 amide bonds. The van der Waals surface area contributed by atoms with E-state index >= 15 is 0 Å². The first-order chi connectivity index (χ1) is 6.34. The third-order valence-corrected chi connectivity index (χ3v) is 1.19. The summed E-state index contributed by atoms with van der Waals surface area (Å²) in [4.78, 5) is 31.7. The minimum absolute atomic E-state index is 0.301. The number of nitrogens with zero attached hydrogens (tertiary/aromatic N) is 1. The largest absolute Gasteiger partial charge is 0.368 e. The van der Waals surface area contributed by atoms with E-state index in [0.29, 0.717) is 4.90 Å². The van der Waals surface area contributed by atoms with E-state index in [1.165, 1.54) is 0 Å². The topological polar surface area (TPSA) is 106 Å². The number of carbonyl (C=O) groups excluding carboxylic acids is 3. The van der Waals surface area contributed by atoms with Gasteiger partial charge in [0.1, 0.15) is 13.1 Å². The van der Waals surface area contributed by atoms with Crippen molar-refractivity contribution in [3.8, 4) is 0 Å². The van der Waals surface area contributed by atoms with Crippen molar-refractivity contribution in [3.05, 3.63) is 0 Å². The van der Waals surface area contributed by atoms with Gasteiger partial charge < -0.3 is 16.4 Å². The number of hydrogen-bond acceptors (Lipinski definition) is 3. The van der Waals surface area contributed by atoms with E-state index in [4.69, 9.17) is 0 Å². The SMILES string of the molecule is NC(=O)CN(CC(N)=O)C(=O)C(F)F.